The third kappa shape index (κ3) is 2.58. The molecule has 0 radical (unpaired) electrons. The molecule has 0 aromatic carbocycles. The van der Waals surface area contributed by atoms with Gasteiger partial charge in [-0.25, -0.2) is 0 Å². The number of hydrogen-bond acceptors (Lipinski definition) is 3. The minimum atomic E-state index is 0.185. The van der Waals surface area contributed by atoms with Crippen molar-refractivity contribution < 1.29 is 9.90 Å². The number of aliphatic hydroxyl groups excluding tert-OH is 1. The quantitative estimate of drug-likeness (QED) is 0.837. The van der Waals surface area contributed by atoms with E-state index in [0.29, 0.717) is 6.42 Å². The van der Waals surface area contributed by atoms with Gasteiger partial charge in [-0.15, -0.1) is 0 Å². The van der Waals surface area contributed by atoms with E-state index >= 15 is 0 Å². The molecule has 0 saturated carbocycles. The van der Waals surface area contributed by atoms with E-state index in [0.717, 1.165) is 25.1 Å². The Hall–Kier alpha value is -0.870. The third-order valence-electron chi connectivity index (χ3n) is 2.83. The standard InChI is InChI=1S/C11H15NO2S/c13-7-10-1-3-12(6-10)11(14)5-9-2-4-15-8-9/h2,4,8,10,13H,1,3,5-7H2. The van der Waals surface area contributed by atoms with Gasteiger partial charge in [-0.2, -0.15) is 11.3 Å². The summed E-state index contributed by atoms with van der Waals surface area (Å²) in [6.07, 6.45) is 1.44. The highest BCUT2D eigenvalue weighted by atomic mass is 32.1. The van der Waals surface area contributed by atoms with Gasteiger partial charge in [0.05, 0.1) is 6.42 Å². The lowest BCUT2D eigenvalue weighted by Gasteiger charge is -2.15. The van der Waals surface area contributed by atoms with Gasteiger partial charge < -0.3 is 10.0 Å². The van der Waals surface area contributed by atoms with Crippen molar-refractivity contribution in [2.24, 2.45) is 5.92 Å². The lowest BCUT2D eigenvalue weighted by Crippen LogP contribution is -2.30. The Balaban J connectivity index is 1.87. The van der Waals surface area contributed by atoms with E-state index in [1.807, 2.05) is 21.7 Å². The Kier molecular flexibility index (Phi) is 3.38. The average Bonchev–Trinajstić information content (AvgIpc) is 2.86. The molecule has 3 nitrogen and oxygen atoms in total. The van der Waals surface area contributed by atoms with Crippen LogP contribution < -0.4 is 0 Å². The van der Waals surface area contributed by atoms with E-state index in [2.05, 4.69) is 0 Å². The molecule has 1 fully saturated rings. The number of thiophene rings is 1. The van der Waals surface area contributed by atoms with E-state index < -0.39 is 0 Å². The SMILES string of the molecule is O=C(Cc1ccsc1)N1CCC(CO)C1. The molecular weight excluding hydrogens is 210 g/mol. The van der Waals surface area contributed by atoms with Gasteiger partial charge in [0.25, 0.3) is 0 Å². The van der Waals surface area contributed by atoms with Crippen LogP contribution in [0.4, 0.5) is 0 Å². The summed E-state index contributed by atoms with van der Waals surface area (Å²) in [5, 5.41) is 13.0. The Morgan fingerprint density at radius 3 is 3.13 bits per heavy atom. The largest absolute Gasteiger partial charge is 0.396 e. The number of aliphatic hydroxyl groups is 1. The van der Waals surface area contributed by atoms with Crippen molar-refractivity contribution in [2.45, 2.75) is 12.8 Å². The predicted octanol–water partition coefficient (Wildman–Crippen LogP) is 1.13. The molecular formula is C11H15NO2S. The summed E-state index contributed by atoms with van der Waals surface area (Å²) in [5.74, 6) is 0.473. The fourth-order valence-electron chi connectivity index (χ4n) is 1.89. The van der Waals surface area contributed by atoms with Crippen LogP contribution in [0.3, 0.4) is 0 Å². The van der Waals surface area contributed by atoms with Crippen molar-refractivity contribution in [2.75, 3.05) is 19.7 Å². The number of nitrogens with zero attached hydrogens (tertiary/aromatic N) is 1. The number of amides is 1. The topological polar surface area (TPSA) is 40.5 Å². The van der Waals surface area contributed by atoms with Crippen LogP contribution in [-0.2, 0) is 11.2 Å². The highest BCUT2D eigenvalue weighted by Gasteiger charge is 2.25. The van der Waals surface area contributed by atoms with E-state index in [1.165, 1.54) is 0 Å². The zero-order valence-electron chi connectivity index (χ0n) is 8.56. The number of hydrogen-bond donors (Lipinski definition) is 1. The van der Waals surface area contributed by atoms with Gasteiger partial charge in [-0.3, -0.25) is 4.79 Å². The van der Waals surface area contributed by atoms with Crippen LogP contribution in [-0.4, -0.2) is 35.6 Å². The minimum absolute atomic E-state index is 0.185. The van der Waals surface area contributed by atoms with E-state index in [4.69, 9.17) is 5.11 Å². The summed E-state index contributed by atoms with van der Waals surface area (Å²) in [6, 6.07) is 1.99. The maximum atomic E-state index is 11.8. The van der Waals surface area contributed by atoms with Gasteiger partial charge in [0.15, 0.2) is 0 Å². The molecule has 82 valence electrons. The Labute approximate surface area is 93.3 Å². The Morgan fingerprint density at radius 2 is 2.53 bits per heavy atom. The summed E-state index contributed by atoms with van der Waals surface area (Å²) in [5.41, 5.74) is 1.09. The average molecular weight is 225 g/mol. The molecule has 2 heterocycles. The summed E-state index contributed by atoms with van der Waals surface area (Å²) in [6.45, 7) is 1.72. The summed E-state index contributed by atoms with van der Waals surface area (Å²) < 4.78 is 0. The normalized spacial score (nSPS) is 20.9. The van der Waals surface area contributed by atoms with Crippen molar-refractivity contribution in [1.82, 2.24) is 4.90 Å². The van der Waals surface area contributed by atoms with Gasteiger partial charge in [0.1, 0.15) is 0 Å². The van der Waals surface area contributed by atoms with E-state index in [9.17, 15) is 4.79 Å². The predicted molar refractivity (Wildman–Crippen MR) is 59.8 cm³/mol. The van der Waals surface area contributed by atoms with Gasteiger partial charge in [0.2, 0.25) is 5.91 Å². The van der Waals surface area contributed by atoms with Crippen LogP contribution >= 0.6 is 11.3 Å². The molecule has 15 heavy (non-hydrogen) atoms. The monoisotopic (exact) mass is 225 g/mol. The van der Waals surface area contributed by atoms with Gasteiger partial charge in [0, 0.05) is 25.6 Å². The zero-order valence-corrected chi connectivity index (χ0v) is 9.37. The molecule has 0 bridgehead atoms. The van der Waals surface area contributed by atoms with Crippen molar-refractivity contribution in [3.8, 4) is 0 Å². The van der Waals surface area contributed by atoms with Gasteiger partial charge in [-0.1, -0.05) is 0 Å². The molecule has 0 spiro atoms. The van der Waals surface area contributed by atoms with E-state index in [1.54, 1.807) is 11.3 Å². The first-order valence-electron chi connectivity index (χ1n) is 5.19. The first kappa shape index (κ1) is 10.6. The van der Waals surface area contributed by atoms with Crippen molar-refractivity contribution in [1.29, 1.82) is 0 Å². The van der Waals surface area contributed by atoms with Gasteiger partial charge in [-0.05, 0) is 28.8 Å². The molecule has 1 unspecified atom stereocenters. The van der Waals surface area contributed by atoms with E-state index in [-0.39, 0.29) is 18.4 Å². The fourth-order valence-corrected chi connectivity index (χ4v) is 2.56. The molecule has 1 saturated heterocycles. The van der Waals surface area contributed by atoms with Crippen molar-refractivity contribution in [3.05, 3.63) is 22.4 Å². The second kappa shape index (κ2) is 4.77. The lowest BCUT2D eigenvalue weighted by molar-refractivity contribution is -0.129. The first-order valence-corrected chi connectivity index (χ1v) is 6.13. The van der Waals surface area contributed by atoms with Crippen molar-refractivity contribution >= 4 is 17.2 Å². The first-order chi connectivity index (χ1) is 7.29. The van der Waals surface area contributed by atoms with Crippen molar-refractivity contribution in [3.63, 3.8) is 0 Å². The number of rotatable bonds is 3. The van der Waals surface area contributed by atoms with Crippen LogP contribution in [0.25, 0.3) is 0 Å². The molecule has 1 aliphatic rings. The fraction of sp³-hybridized carbons (Fsp3) is 0.545. The van der Waals surface area contributed by atoms with Crippen LogP contribution in [0.2, 0.25) is 0 Å². The highest BCUT2D eigenvalue weighted by molar-refractivity contribution is 7.07. The molecule has 1 aromatic heterocycles. The molecule has 1 amide bonds. The molecule has 1 aromatic rings. The second-order valence-electron chi connectivity index (χ2n) is 3.99. The molecule has 0 aliphatic carbocycles. The Bertz CT molecular complexity index is 323. The minimum Gasteiger partial charge on any atom is -0.396 e. The summed E-state index contributed by atoms with van der Waals surface area (Å²) in [4.78, 5) is 13.7. The number of likely N-dealkylation sites (tertiary alicyclic amines) is 1. The van der Waals surface area contributed by atoms with Gasteiger partial charge >= 0.3 is 0 Å². The molecule has 2 rings (SSSR count). The number of carbonyl (C=O) groups excluding carboxylic acids is 1. The molecule has 1 atom stereocenters. The summed E-state index contributed by atoms with van der Waals surface area (Å²) in [7, 11) is 0. The molecule has 1 aliphatic heterocycles. The van der Waals surface area contributed by atoms with Crippen LogP contribution in [0, 0.1) is 5.92 Å². The van der Waals surface area contributed by atoms with Crippen LogP contribution in [0.5, 0.6) is 0 Å². The smallest absolute Gasteiger partial charge is 0.227 e. The van der Waals surface area contributed by atoms with Crippen LogP contribution in [0.15, 0.2) is 16.8 Å². The lowest BCUT2D eigenvalue weighted by atomic mass is 10.1. The maximum absolute atomic E-state index is 11.8. The highest BCUT2D eigenvalue weighted by Crippen LogP contribution is 2.17. The molecule has 1 N–H and O–H groups in total. The summed E-state index contributed by atoms with van der Waals surface area (Å²) >= 11 is 1.62. The zero-order chi connectivity index (χ0) is 10.7. The number of carbonyl (C=O) groups is 1. The second-order valence-corrected chi connectivity index (χ2v) is 4.77. The Morgan fingerprint density at radius 1 is 1.67 bits per heavy atom. The maximum Gasteiger partial charge on any atom is 0.227 e. The van der Waals surface area contributed by atoms with Crippen LogP contribution in [0.1, 0.15) is 12.0 Å². The molecule has 4 heteroatoms. The third-order valence-corrected chi connectivity index (χ3v) is 3.56.